The Labute approximate surface area is 100 Å². The summed E-state index contributed by atoms with van der Waals surface area (Å²) in [5.74, 6) is 0.331. The number of nitrogen functional groups attached to an aromatic ring is 1. The van der Waals surface area contributed by atoms with Crippen LogP contribution in [0.15, 0.2) is 29.1 Å². The smallest absolute Gasteiger partial charge is 0.156 e. The van der Waals surface area contributed by atoms with E-state index < -0.39 is 0 Å². The zero-order valence-electron chi connectivity index (χ0n) is 8.05. The first-order chi connectivity index (χ1) is 7.70. The number of anilines is 1. The molecule has 0 radical (unpaired) electrons. The maximum atomic E-state index is 8.64. The second-order valence-electron chi connectivity index (χ2n) is 2.98. The van der Waals surface area contributed by atoms with E-state index in [1.165, 1.54) is 12.4 Å². The number of nitriles is 1. The van der Waals surface area contributed by atoms with Gasteiger partial charge in [-0.2, -0.15) is 5.26 Å². The van der Waals surface area contributed by atoms with Gasteiger partial charge in [0.2, 0.25) is 0 Å². The first kappa shape index (κ1) is 10.5. The second-order valence-corrected chi connectivity index (χ2v) is 3.73. The van der Waals surface area contributed by atoms with Crippen molar-refractivity contribution >= 4 is 21.7 Å². The van der Waals surface area contributed by atoms with E-state index in [4.69, 9.17) is 11.0 Å². The minimum atomic E-state index is 0.331. The van der Waals surface area contributed by atoms with E-state index in [0.29, 0.717) is 27.4 Å². The number of nitrogens with zero attached hydrogens (tertiary/aromatic N) is 4. The number of aromatic nitrogens is 3. The average Bonchev–Trinajstić information content (AvgIpc) is 2.33. The molecular formula is C10H6BrN5. The van der Waals surface area contributed by atoms with Crippen molar-refractivity contribution in [2.24, 2.45) is 0 Å². The van der Waals surface area contributed by atoms with Crippen LogP contribution in [0, 0.1) is 11.3 Å². The molecule has 0 aliphatic carbocycles. The normalized spacial score (nSPS) is 9.75. The maximum absolute atomic E-state index is 8.64. The van der Waals surface area contributed by atoms with Crippen LogP contribution in [-0.4, -0.2) is 15.0 Å². The van der Waals surface area contributed by atoms with Crippen LogP contribution in [0.4, 0.5) is 5.82 Å². The molecule has 0 unspecified atom stereocenters. The summed E-state index contributed by atoms with van der Waals surface area (Å²) in [6.07, 6.45) is 3.02. The number of rotatable bonds is 1. The van der Waals surface area contributed by atoms with Crippen LogP contribution in [0.25, 0.3) is 11.4 Å². The van der Waals surface area contributed by atoms with E-state index >= 15 is 0 Å². The SMILES string of the molecule is N#Cc1ccc(-c2cnc(N)c(Br)n2)nc1. The third kappa shape index (κ3) is 1.99. The molecule has 0 spiro atoms. The van der Waals surface area contributed by atoms with E-state index in [0.717, 1.165) is 0 Å². The van der Waals surface area contributed by atoms with Gasteiger partial charge in [0.05, 0.1) is 17.5 Å². The second kappa shape index (κ2) is 4.24. The first-order valence-corrected chi connectivity index (χ1v) is 5.14. The van der Waals surface area contributed by atoms with Crippen LogP contribution >= 0.6 is 15.9 Å². The highest BCUT2D eigenvalue weighted by Gasteiger charge is 2.05. The van der Waals surface area contributed by atoms with Gasteiger partial charge in [0.1, 0.15) is 16.4 Å². The first-order valence-electron chi connectivity index (χ1n) is 4.35. The fourth-order valence-electron chi connectivity index (χ4n) is 1.11. The van der Waals surface area contributed by atoms with Gasteiger partial charge < -0.3 is 5.73 Å². The third-order valence-corrected chi connectivity index (χ3v) is 2.49. The van der Waals surface area contributed by atoms with Crippen LogP contribution in [0.1, 0.15) is 5.56 Å². The number of hydrogen-bond acceptors (Lipinski definition) is 5. The minimum Gasteiger partial charge on any atom is -0.381 e. The van der Waals surface area contributed by atoms with E-state index in [1.54, 1.807) is 12.1 Å². The predicted molar refractivity (Wildman–Crippen MR) is 62.1 cm³/mol. The van der Waals surface area contributed by atoms with Gasteiger partial charge in [0.25, 0.3) is 0 Å². The van der Waals surface area contributed by atoms with Gasteiger partial charge in [-0.25, -0.2) is 9.97 Å². The van der Waals surface area contributed by atoms with Gasteiger partial charge in [-0.15, -0.1) is 0 Å². The molecule has 16 heavy (non-hydrogen) atoms. The Balaban J connectivity index is 2.43. The van der Waals surface area contributed by atoms with Gasteiger partial charge in [-0.3, -0.25) is 4.98 Å². The molecule has 2 N–H and O–H groups in total. The van der Waals surface area contributed by atoms with Crippen molar-refractivity contribution < 1.29 is 0 Å². The predicted octanol–water partition coefficient (Wildman–Crippen LogP) is 1.75. The molecule has 78 valence electrons. The molecule has 5 nitrogen and oxygen atoms in total. The molecule has 0 saturated carbocycles. The molecule has 0 aromatic carbocycles. The average molecular weight is 276 g/mol. The zero-order valence-corrected chi connectivity index (χ0v) is 9.64. The topological polar surface area (TPSA) is 88.5 Å². The lowest BCUT2D eigenvalue weighted by Gasteiger charge is -2.01. The molecule has 0 saturated heterocycles. The van der Waals surface area contributed by atoms with Crippen LogP contribution in [0.3, 0.4) is 0 Å². The molecule has 0 aliphatic heterocycles. The maximum Gasteiger partial charge on any atom is 0.156 e. The molecule has 2 aromatic rings. The summed E-state index contributed by atoms with van der Waals surface area (Å²) in [4.78, 5) is 12.2. The molecule has 0 amide bonds. The molecule has 2 aromatic heterocycles. The Morgan fingerprint density at radius 2 is 2.00 bits per heavy atom. The zero-order chi connectivity index (χ0) is 11.5. The lowest BCUT2D eigenvalue weighted by atomic mass is 10.2. The summed E-state index contributed by atoms with van der Waals surface area (Å²) >= 11 is 3.19. The molecule has 0 aliphatic rings. The van der Waals surface area contributed by atoms with E-state index in [-0.39, 0.29) is 0 Å². The van der Waals surface area contributed by atoms with Crippen molar-refractivity contribution in [1.82, 2.24) is 15.0 Å². The minimum absolute atomic E-state index is 0.331. The number of halogens is 1. The number of pyridine rings is 1. The molecule has 6 heteroatoms. The molecule has 0 atom stereocenters. The summed E-state index contributed by atoms with van der Waals surface area (Å²) in [7, 11) is 0. The summed E-state index contributed by atoms with van der Waals surface area (Å²) in [6, 6.07) is 5.39. The van der Waals surface area contributed by atoms with Crippen LogP contribution in [-0.2, 0) is 0 Å². The Kier molecular flexibility index (Phi) is 2.79. The highest BCUT2D eigenvalue weighted by atomic mass is 79.9. The highest BCUT2D eigenvalue weighted by Crippen LogP contribution is 2.19. The lowest BCUT2D eigenvalue weighted by Crippen LogP contribution is -1.96. The number of hydrogen-bond donors (Lipinski definition) is 1. The fraction of sp³-hybridized carbons (Fsp3) is 0. The van der Waals surface area contributed by atoms with Gasteiger partial charge in [0, 0.05) is 6.20 Å². The van der Waals surface area contributed by atoms with Crippen molar-refractivity contribution in [3.63, 3.8) is 0 Å². The van der Waals surface area contributed by atoms with E-state index in [2.05, 4.69) is 30.9 Å². The molecule has 0 fully saturated rings. The van der Waals surface area contributed by atoms with Crippen LogP contribution < -0.4 is 5.73 Å². The third-order valence-electron chi connectivity index (χ3n) is 1.91. The van der Waals surface area contributed by atoms with E-state index in [9.17, 15) is 0 Å². The molecular weight excluding hydrogens is 270 g/mol. The van der Waals surface area contributed by atoms with Crippen LogP contribution in [0.2, 0.25) is 0 Å². The quantitative estimate of drug-likeness (QED) is 0.857. The summed E-state index contributed by atoms with van der Waals surface area (Å²) < 4.78 is 0.483. The van der Waals surface area contributed by atoms with Gasteiger partial charge in [0.15, 0.2) is 5.82 Å². The summed E-state index contributed by atoms with van der Waals surface area (Å²) in [5, 5.41) is 8.64. The summed E-state index contributed by atoms with van der Waals surface area (Å²) in [5.41, 5.74) is 7.28. The van der Waals surface area contributed by atoms with Crippen molar-refractivity contribution in [2.75, 3.05) is 5.73 Å². The molecule has 2 rings (SSSR count). The molecule has 0 bridgehead atoms. The number of nitrogens with two attached hydrogens (primary N) is 1. The monoisotopic (exact) mass is 275 g/mol. The Morgan fingerprint density at radius 1 is 1.19 bits per heavy atom. The standard InChI is InChI=1S/C10H6BrN5/c11-9-10(13)15-5-8(16-9)7-2-1-6(3-12)4-14-7/h1-2,4-5H,(H2,13,15). The lowest BCUT2D eigenvalue weighted by molar-refractivity contribution is 1.15. The highest BCUT2D eigenvalue weighted by molar-refractivity contribution is 9.10. The van der Waals surface area contributed by atoms with Gasteiger partial charge >= 0.3 is 0 Å². The Hall–Kier alpha value is -2.00. The largest absolute Gasteiger partial charge is 0.381 e. The van der Waals surface area contributed by atoms with Gasteiger partial charge in [-0.1, -0.05) is 0 Å². The van der Waals surface area contributed by atoms with Crippen molar-refractivity contribution in [3.05, 3.63) is 34.7 Å². The van der Waals surface area contributed by atoms with Crippen LogP contribution in [0.5, 0.6) is 0 Å². The Bertz CT molecular complexity index is 558. The van der Waals surface area contributed by atoms with Crippen molar-refractivity contribution in [2.45, 2.75) is 0 Å². The molecule has 2 heterocycles. The summed E-state index contributed by atoms with van der Waals surface area (Å²) in [6.45, 7) is 0. The Morgan fingerprint density at radius 3 is 2.56 bits per heavy atom. The van der Waals surface area contributed by atoms with E-state index in [1.807, 2.05) is 6.07 Å². The van der Waals surface area contributed by atoms with Crippen molar-refractivity contribution in [1.29, 1.82) is 5.26 Å². The van der Waals surface area contributed by atoms with Gasteiger partial charge in [-0.05, 0) is 28.1 Å². The van der Waals surface area contributed by atoms with Crippen molar-refractivity contribution in [3.8, 4) is 17.5 Å². The fourth-order valence-corrected chi connectivity index (χ4v) is 1.40.